The first kappa shape index (κ1) is 15.6. The third kappa shape index (κ3) is 3.54. The second-order valence-electron chi connectivity index (χ2n) is 5.49. The summed E-state index contributed by atoms with van der Waals surface area (Å²) in [4.78, 5) is 14.1. The molecular weight excluding hydrogens is 354 g/mol. The summed E-state index contributed by atoms with van der Waals surface area (Å²) >= 11 is 3.40. The lowest BCUT2D eigenvalue weighted by Crippen LogP contribution is -2.07. The summed E-state index contributed by atoms with van der Waals surface area (Å²) in [7, 11) is 3.99. The van der Waals surface area contributed by atoms with Gasteiger partial charge in [0.25, 0.3) is 0 Å². The molecule has 116 valence electrons. The molecule has 3 nitrogen and oxygen atoms in total. The number of carbonyl (C=O) groups excluding carboxylic acids is 1. The molecule has 0 unspecified atom stereocenters. The Bertz CT molecular complexity index is 787. The van der Waals surface area contributed by atoms with E-state index in [-0.39, 0.29) is 5.97 Å². The van der Waals surface area contributed by atoms with Crippen molar-refractivity contribution in [2.45, 2.75) is 0 Å². The molecule has 0 atom stereocenters. The van der Waals surface area contributed by atoms with Crippen molar-refractivity contribution in [1.29, 1.82) is 0 Å². The SMILES string of the molecule is CN(C)c1ccc(/C=C2/C=C(c3ccc(Br)cc3)OC2=O)cc1. The first-order valence-corrected chi connectivity index (χ1v) is 8.01. The van der Waals surface area contributed by atoms with Crippen LogP contribution in [0.5, 0.6) is 0 Å². The van der Waals surface area contributed by atoms with Crippen molar-refractivity contribution in [2.24, 2.45) is 0 Å². The van der Waals surface area contributed by atoms with E-state index in [0.29, 0.717) is 11.3 Å². The fourth-order valence-electron chi connectivity index (χ4n) is 2.29. The van der Waals surface area contributed by atoms with Gasteiger partial charge in [-0.05, 0) is 42.0 Å². The van der Waals surface area contributed by atoms with Gasteiger partial charge in [-0.2, -0.15) is 0 Å². The van der Waals surface area contributed by atoms with E-state index >= 15 is 0 Å². The molecule has 23 heavy (non-hydrogen) atoms. The maximum Gasteiger partial charge on any atom is 0.343 e. The smallest absolute Gasteiger partial charge is 0.343 e. The Morgan fingerprint density at radius 2 is 1.65 bits per heavy atom. The average Bonchev–Trinajstić information content (AvgIpc) is 2.89. The molecule has 0 saturated heterocycles. The van der Waals surface area contributed by atoms with Gasteiger partial charge in [-0.1, -0.05) is 40.2 Å². The minimum absolute atomic E-state index is 0.320. The lowest BCUT2D eigenvalue weighted by molar-refractivity contribution is -0.130. The van der Waals surface area contributed by atoms with E-state index < -0.39 is 0 Å². The number of rotatable bonds is 3. The highest BCUT2D eigenvalue weighted by Crippen LogP contribution is 2.28. The van der Waals surface area contributed by atoms with Gasteiger partial charge in [-0.25, -0.2) is 4.79 Å². The summed E-state index contributed by atoms with van der Waals surface area (Å²) in [5.74, 6) is 0.262. The van der Waals surface area contributed by atoms with Gasteiger partial charge in [-0.3, -0.25) is 0 Å². The van der Waals surface area contributed by atoms with Gasteiger partial charge in [0, 0.05) is 29.8 Å². The average molecular weight is 370 g/mol. The third-order valence-electron chi connectivity index (χ3n) is 3.59. The fraction of sp³-hybridized carbons (Fsp3) is 0.105. The molecule has 0 amide bonds. The predicted octanol–water partition coefficient (Wildman–Crippen LogP) is 4.50. The van der Waals surface area contributed by atoms with E-state index in [4.69, 9.17) is 4.74 Å². The molecule has 0 aliphatic carbocycles. The molecule has 2 aromatic rings. The van der Waals surface area contributed by atoms with Crippen LogP contribution in [0.2, 0.25) is 0 Å². The monoisotopic (exact) mass is 369 g/mol. The first-order valence-electron chi connectivity index (χ1n) is 7.22. The van der Waals surface area contributed by atoms with Gasteiger partial charge in [-0.15, -0.1) is 0 Å². The molecule has 0 saturated carbocycles. The normalized spacial score (nSPS) is 15.5. The van der Waals surface area contributed by atoms with Gasteiger partial charge in [0.2, 0.25) is 0 Å². The van der Waals surface area contributed by atoms with Crippen molar-refractivity contribution in [1.82, 2.24) is 0 Å². The minimum atomic E-state index is -0.320. The van der Waals surface area contributed by atoms with Crippen molar-refractivity contribution in [3.63, 3.8) is 0 Å². The number of halogens is 1. The maximum atomic E-state index is 12.0. The van der Waals surface area contributed by atoms with Gasteiger partial charge in [0.15, 0.2) is 0 Å². The molecule has 0 fully saturated rings. The molecule has 0 spiro atoms. The minimum Gasteiger partial charge on any atom is -0.422 e. The van der Waals surface area contributed by atoms with Crippen molar-refractivity contribution in [2.75, 3.05) is 19.0 Å². The van der Waals surface area contributed by atoms with E-state index in [0.717, 1.165) is 21.3 Å². The Morgan fingerprint density at radius 1 is 1.00 bits per heavy atom. The van der Waals surface area contributed by atoms with E-state index in [9.17, 15) is 4.79 Å². The summed E-state index contributed by atoms with van der Waals surface area (Å²) in [5.41, 5.74) is 3.52. The van der Waals surface area contributed by atoms with Crippen LogP contribution in [0.25, 0.3) is 11.8 Å². The molecule has 3 rings (SSSR count). The number of hydrogen-bond donors (Lipinski definition) is 0. The zero-order chi connectivity index (χ0) is 16.4. The van der Waals surface area contributed by atoms with Crippen LogP contribution < -0.4 is 4.90 Å². The summed E-state index contributed by atoms with van der Waals surface area (Å²) in [5, 5.41) is 0. The zero-order valence-corrected chi connectivity index (χ0v) is 14.5. The standard InChI is InChI=1S/C19H16BrNO2/c1-21(2)17-9-3-13(4-10-17)11-15-12-18(23-19(15)22)14-5-7-16(20)8-6-14/h3-12H,1-2H3/b15-11-. The lowest BCUT2D eigenvalue weighted by Gasteiger charge is -2.11. The van der Waals surface area contributed by atoms with Crippen LogP contribution in [-0.4, -0.2) is 20.1 Å². The van der Waals surface area contributed by atoms with Gasteiger partial charge in [0.1, 0.15) is 5.76 Å². The molecule has 4 heteroatoms. The highest BCUT2D eigenvalue weighted by molar-refractivity contribution is 9.10. The van der Waals surface area contributed by atoms with Crippen LogP contribution in [0.15, 0.2) is 64.7 Å². The molecular formula is C19H16BrNO2. The Balaban J connectivity index is 1.87. The number of carbonyl (C=O) groups is 1. The fourth-order valence-corrected chi connectivity index (χ4v) is 2.56. The largest absolute Gasteiger partial charge is 0.422 e. The Hall–Kier alpha value is -2.33. The van der Waals surface area contributed by atoms with Crippen molar-refractivity contribution in [3.05, 3.63) is 75.8 Å². The number of benzene rings is 2. The summed E-state index contributed by atoms with van der Waals surface area (Å²) in [6.45, 7) is 0. The molecule has 0 bridgehead atoms. The van der Waals surface area contributed by atoms with Crippen LogP contribution >= 0.6 is 15.9 Å². The number of esters is 1. The molecule has 0 N–H and O–H groups in total. The molecule has 2 aromatic carbocycles. The second kappa shape index (κ2) is 6.42. The Morgan fingerprint density at radius 3 is 2.26 bits per heavy atom. The van der Waals surface area contributed by atoms with Crippen LogP contribution in [0, 0.1) is 0 Å². The van der Waals surface area contributed by atoms with E-state index in [1.54, 1.807) is 6.08 Å². The highest BCUT2D eigenvalue weighted by atomic mass is 79.9. The van der Waals surface area contributed by atoms with E-state index in [2.05, 4.69) is 15.9 Å². The van der Waals surface area contributed by atoms with Crippen molar-refractivity contribution < 1.29 is 9.53 Å². The summed E-state index contributed by atoms with van der Waals surface area (Å²) in [6.07, 6.45) is 3.62. The van der Waals surface area contributed by atoms with Crippen LogP contribution in [0.3, 0.4) is 0 Å². The van der Waals surface area contributed by atoms with Crippen molar-refractivity contribution >= 4 is 39.4 Å². The first-order chi connectivity index (χ1) is 11.0. The predicted molar refractivity (Wildman–Crippen MR) is 97.0 cm³/mol. The topological polar surface area (TPSA) is 29.5 Å². The van der Waals surface area contributed by atoms with E-state index in [1.165, 1.54) is 0 Å². The van der Waals surface area contributed by atoms with Crippen LogP contribution in [0.4, 0.5) is 5.69 Å². The van der Waals surface area contributed by atoms with Gasteiger partial charge < -0.3 is 9.64 Å². The quantitative estimate of drug-likeness (QED) is 0.589. The summed E-state index contributed by atoms with van der Waals surface area (Å²) < 4.78 is 6.35. The molecule has 0 radical (unpaired) electrons. The molecule has 1 heterocycles. The second-order valence-corrected chi connectivity index (χ2v) is 6.41. The third-order valence-corrected chi connectivity index (χ3v) is 4.11. The van der Waals surface area contributed by atoms with Crippen molar-refractivity contribution in [3.8, 4) is 0 Å². The number of nitrogens with zero attached hydrogens (tertiary/aromatic N) is 1. The highest BCUT2D eigenvalue weighted by Gasteiger charge is 2.21. The van der Waals surface area contributed by atoms with Gasteiger partial charge >= 0.3 is 5.97 Å². The molecule has 0 aromatic heterocycles. The maximum absolute atomic E-state index is 12.0. The van der Waals surface area contributed by atoms with Crippen LogP contribution in [-0.2, 0) is 9.53 Å². The lowest BCUT2D eigenvalue weighted by atomic mass is 10.1. The Kier molecular flexibility index (Phi) is 4.35. The number of ether oxygens (including phenoxy) is 1. The molecule has 1 aliphatic rings. The van der Waals surface area contributed by atoms with Gasteiger partial charge in [0.05, 0.1) is 5.57 Å². The summed E-state index contributed by atoms with van der Waals surface area (Å²) in [6, 6.07) is 15.7. The number of cyclic esters (lactones) is 1. The zero-order valence-electron chi connectivity index (χ0n) is 12.9. The number of hydrogen-bond acceptors (Lipinski definition) is 3. The van der Waals surface area contributed by atoms with E-state index in [1.807, 2.05) is 73.6 Å². The molecule has 1 aliphatic heterocycles. The Labute approximate surface area is 144 Å². The number of anilines is 1. The van der Waals surface area contributed by atoms with Crippen LogP contribution in [0.1, 0.15) is 11.1 Å².